The minimum absolute atomic E-state index is 0.00966. The van der Waals surface area contributed by atoms with E-state index in [1.807, 2.05) is 105 Å². The number of H-pyrrole nitrogens is 4. The van der Waals surface area contributed by atoms with Crippen LogP contribution in [0.4, 0.5) is 54.0 Å². The van der Waals surface area contributed by atoms with Gasteiger partial charge in [-0.3, -0.25) is 14.4 Å². The van der Waals surface area contributed by atoms with Gasteiger partial charge in [0.2, 0.25) is 0 Å². The fraction of sp³-hybridized carbons (Fsp3) is 0.381. The molecule has 5 saturated heterocycles. The summed E-state index contributed by atoms with van der Waals surface area (Å²) in [6.07, 6.45) is 8.46. The van der Waals surface area contributed by atoms with E-state index in [0.717, 1.165) is 274 Å². The molecule has 0 spiro atoms. The number of halogens is 11. The maximum Gasteiger partial charge on any atom is 0.454 e. The van der Waals surface area contributed by atoms with Gasteiger partial charge in [-0.1, -0.05) is 146 Å². The number of likely N-dealkylation sites (tertiary alicyclic amines) is 5. The van der Waals surface area contributed by atoms with Crippen molar-refractivity contribution in [2.75, 3.05) is 124 Å². The molecular weight excluding hydrogens is 1900 g/mol. The summed E-state index contributed by atoms with van der Waals surface area (Å²) >= 11 is 0. The third-order valence-electron chi connectivity index (χ3n) is 30.6. The largest absolute Gasteiger partial charge is 0.454 e. The number of fused-ring (bicyclic) bond motifs is 5. The Morgan fingerprint density at radius 3 is 1.01 bits per heavy atom. The molecule has 30 heteroatoms. The number of aromatic amines is 4. The highest BCUT2D eigenvalue weighted by Gasteiger charge is 2.44. The van der Waals surface area contributed by atoms with Gasteiger partial charge in [-0.25, -0.2) is 22.0 Å². The van der Waals surface area contributed by atoms with Gasteiger partial charge in [-0.05, 0) is 312 Å². The van der Waals surface area contributed by atoms with Crippen LogP contribution in [-0.4, -0.2) is 213 Å². The van der Waals surface area contributed by atoms with Crippen LogP contribution in [0, 0.1) is 81.3 Å². The van der Waals surface area contributed by atoms with Crippen molar-refractivity contribution in [1.29, 1.82) is 10.5 Å². The van der Waals surface area contributed by atoms with Crippen LogP contribution >= 0.6 is 0 Å². The Labute approximate surface area is 854 Å². The maximum atomic E-state index is 13.1. The first kappa shape index (κ1) is 108. The molecule has 20 rings (SSSR count). The number of Topliss-reactive ketones (excluding diaryl/α,β-unsaturated/α-hetero) is 3. The number of nitrogens with one attached hydrogen (secondary N) is 5. The quantitative estimate of drug-likeness (QED) is 0.0168. The second-order valence-corrected chi connectivity index (χ2v) is 40.1. The van der Waals surface area contributed by atoms with Gasteiger partial charge in [0.15, 0.2) is 5.78 Å². The number of rotatable bonds is 28. The molecule has 4 unspecified atom stereocenters. The lowest BCUT2D eigenvalue weighted by Crippen LogP contribution is -2.39. The van der Waals surface area contributed by atoms with Crippen LogP contribution in [0.5, 0.6) is 0 Å². The van der Waals surface area contributed by atoms with Crippen LogP contribution in [0.25, 0.3) is 43.6 Å². The van der Waals surface area contributed by atoms with Gasteiger partial charge in [0.1, 0.15) is 41.2 Å². The van der Waals surface area contributed by atoms with Crippen LogP contribution in [0.1, 0.15) is 186 Å². The number of piperidine rings is 5. The molecule has 0 amide bonds. The molecule has 8 N–H and O–H groups in total. The van der Waals surface area contributed by atoms with Crippen molar-refractivity contribution in [3.05, 3.63) is 350 Å². The van der Waals surface area contributed by atoms with Gasteiger partial charge >= 0.3 is 12.4 Å². The molecule has 10 aromatic carbocycles. The SMILES string of the molecule is CN(C)C(c1cccc2c(C(=O)C(F)(F)F)c[nH]c12)C1CCN(CCc2ccc(F)cc2)CC1.N#Cc1c[nH]c2c(C(=O)C3CCN(CCc4ccc(F)cc4)CC3)cccc12.N#Cc1c[nH]c2c(C(O)C3CCN(CCc4ccc(F)cc4)CC3)cccc12.O=C(c1c[nH]c2c(C(O)C3CCN(CCc4ccc(F)cc4)CC3)cccc12)C(F)(F)F.OC(c1cccc2c1NCC2)C1CCN(CCc2ccc(F)cc2)CC1. The first-order valence-electron chi connectivity index (χ1n) is 51.3. The molecule has 5 fully saturated rings. The first-order chi connectivity index (χ1) is 71.4. The van der Waals surface area contributed by atoms with E-state index in [-0.39, 0.29) is 75.7 Å². The van der Waals surface area contributed by atoms with Gasteiger partial charge in [-0.15, -0.1) is 0 Å². The number of anilines is 1. The van der Waals surface area contributed by atoms with Crippen molar-refractivity contribution in [3.63, 3.8) is 0 Å². The topological polar surface area (TPSA) is 254 Å². The standard InChI is InChI=1S/C26H29F4N3O.C24H24F4N2O2.C23H24FN3O.C23H22FN3O.C22H27FN2O/c1-32(2)24(18-11-14-33(15-12-18)13-10-17-6-8-19(27)9-7-17)21-5-3-4-20-22(16-31-23(20)21)25(34)26(28,29)30;25-17-6-4-15(5-7-17)8-11-30-12-9-16(10-13-30)22(31)19-3-1-2-18-20(14-29-21(18)19)23(32)24(26,27)28;2*24-19-6-4-16(5-7-19)8-11-27-12-9-17(10-13-27)23(28)21-3-1-2-20-18(14-25)15-26-22(20)21;23-19-6-4-16(5-7-19)9-13-25-14-10-18(11-15-25)22(26)20-3-1-2-17-8-12-24-21(17)20/h3-9,16,18,24,31H,10-15H2,1-2H3;1-7,14,16,22,29,31H,8-13H2;1-7,15,17,23,26,28H,8-13H2;1-7,15,17,26H,8-13H2;1-7,18,22,24,26H,8-15H2. The third kappa shape index (κ3) is 27.2. The Morgan fingerprint density at radius 1 is 0.358 bits per heavy atom. The van der Waals surface area contributed by atoms with E-state index < -0.39 is 41.7 Å². The third-order valence-corrected chi connectivity index (χ3v) is 30.6. The van der Waals surface area contributed by atoms with Gasteiger partial charge in [-0.2, -0.15) is 36.9 Å². The highest BCUT2D eigenvalue weighted by molar-refractivity contribution is 6.12. The zero-order valence-electron chi connectivity index (χ0n) is 83.1. The summed E-state index contributed by atoms with van der Waals surface area (Å²) in [4.78, 5) is 62.7. The summed E-state index contributed by atoms with van der Waals surface area (Å²) in [5, 5.41) is 56.9. The molecule has 776 valence electrons. The molecule has 4 aromatic heterocycles. The average molecular weight is 2030 g/mol. The van der Waals surface area contributed by atoms with E-state index in [9.17, 15) is 88.5 Å². The summed E-state index contributed by atoms with van der Waals surface area (Å²) in [6, 6.07) is 65.2. The summed E-state index contributed by atoms with van der Waals surface area (Å²) in [5.41, 5.74) is 15.2. The lowest BCUT2D eigenvalue weighted by Gasteiger charge is -2.39. The van der Waals surface area contributed by atoms with Gasteiger partial charge in [0, 0.05) is 126 Å². The number of hydrogen-bond acceptors (Lipinski definition) is 15. The fourth-order valence-corrected chi connectivity index (χ4v) is 22.1. The Kier molecular flexibility index (Phi) is 36.3. The highest BCUT2D eigenvalue weighted by atomic mass is 19.4. The van der Waals surface area contributed by atoms with Crippen LogP contribution in [0.2, 0.25) is 0 Å². The molecule has 0 aliphatic carbocycles. The predicted octanol–water partition coefficient (Wildman–Crippen LogP) is 22.9. The van der Waals surface area contributed by atoms with Crippen molar-refractivity contribution < 1.29 is 78.0 Å². The molecule has 14 aromatic rings. The van der Waals surface area contributed by atoms with E-state index in [2.05, 4.69) is 85.0 Å². The van der Waals surface area contributed by atoms with E-state index in [0.29, 0.717) is 50.5 Å². The molecular formula is C118H126F11N13O6. The van der Waals surface area contributed by atoms with Crippen LogP contribution < -0.4 is 5.32 Å². The fourth-order valence-electron chi connectivity index (χ4n) is 22.1. The smallest absolute Gasteiger partial charge is 0.388 e. The number of aromatic nitrogens is 4. The number of benzene rings is 10. The summed E-state index contributed by atoms with van der Waals surface area (Å²) in [5.74, 6) is -3.78. The normalized spacial score (nSPS) is 17.1. The Balaban J connectivity index is 0.000000132. The number of nitriles is 2. The second-order valence-electron chi connectivity index (χ2n) is 40.1. The van der Waals surface area contributed by atoms with E-state index in [4.69, 9.17) is 0 Å². The minimum atomic E-state index is -4.95. The van der Waals surface area contributed by atoms with E-state index >= 15 is 0 Å². The molecule has 10 heterocycles. The number of aliphatic hydroxyl groups is 3. The maximum absolute atomic E-state index is 13.1. The van der Waals surface area contributed by atoms with Crippen molar-refractivity contribution in [1.82, 2.24) is 49.3 Å². The molecule has 6 aliphatic heterocycles. The zero-order chi connectivity index (χ0) is 104. The van der Waals surface area contributed by atoms with E-state index in [1.165, 1.54) is 89.7 Å². The van der Waals surface area contributed by atoms with Gasteiger partial charge < -0.3 is 70.0 Å². The number of para-hydroxylation sites is 5. The molecule has 6 aliphatic rings. The number of nitrogens with zero attached hydrogens (tertiary/aromatic N) is 8. The van der Waals surface area contributed by atoms with Gasteiger partial charge in [0.05, 0.1) is 62.6 Å². The van der Waals surface area contributed by atoms with Crippen LogP contribution in [0.15, 0.2) is 237 Å². The minimum Gasteiger partial charge on any atom is -0.388 e. The highest BCUT2D eigenvalue weighted by Crippen LogP contribution is 2.44. The van der Waals surface area contributed by atoms with Crippen LogP contribution in [-0.2, 0) is 38.5 Å². The Hall–Kier alpha value is -13.0. The van der Waals surface area contributed by atoms with Gasteiger partial charge in [0.25, 0.3) is 11.6 Å². The predicted molar refractivity (Wildman–Crippen MR) is 554 cm³/mol. The Bertz CT molecular complexity index is 6850. The van der Waals surface area contributed by atoms with E-state index in [1.54, 1.807) is 48.8 Å². The molecule has 19 nitrogen and oxygen atoms in total. The summed E-state index contributed by atoms with van der Waals surface area (Å²) in [7, 11) is 3.96. The summed E-state index contributed by atoms with van der Waals surface area (Å²) < 4.78 is 143. The van der Waals surface area contributed by atoms with Crippen molar-refractivity contribution in [3.8, 4) is 12.1 Å². The molecule has 0 bridgehead atoms. The number of ketones is 3. The monoisotopic (exact) mass is 2030 g/mol. The zero-order valence-corrected chi connectivity index (χ0v) is 83.1. The molecule has 148 heavy (non-hydrogen) atoms. The second kappa shape index (κ2) is 49.9. The lowest BCUT2D eigenvalue weighted by atomic mass is 9.83. The van der Waals surface area contributed by atoms with Crippen molar-refractivity contribution in [2.24, 2.45) is 29.6 Å². The summed E-state index contributed by atoms with van der Waals surface area (Å²) in [6.45, 7) is 14.7. The van der Waals surface area contributed by atoms with Crippen molar-refractivity contribution in [2.45, 2.75) is 139 Å². The number of carbonyl (C=O) groups is 3. The molecule has 0 saturated carbocycles. The number of aliphatic hydroxyl groups excluding tert-OH is 3. The number of carbonyl (C=O) groups excluding carboxylic acids is 3. The van der Waals surface area contributed by atoms with Crippen molar-refractivity contribution >= 4 is 66.6 Å². The first-order valence-corrected chi connectivity index (χ1v) is 51.3. The number of hydrogen-bond donors (Lipinski definition) is 8. The van der Waals surface area contributed by atoms with Crippen LogP contribution in [0.3, 0.4) is 0 Å². The molecule has 4 atom stereocenters. The number of alkyl halides is 6. The molecule has 0 radical (unpaired) electrons. The average Bonchev–Trinajstić information content (AvgIpc) is 1.61. The lowest BCUT2D eigenvalue weighted by molar-refractivity contribution is -0.0887. The Morgan fingerprint density at radius 2 is 0.649 bits per heavy atom.